The van der Waals surface area contributed by atoms with E-state index in [1.807, 2.05) is 24.9 Å². The number of aromatic nitrogens is 2. The van der Waals surface area contributed by atoms with Crippen LogP contribution in [0.15, 0.2) is 30.3 Å². The van der Waals surface area contributed by atoms with Crippen LogP contribution in [0.2, 0.25) is 10.0 Å². The molecule has 10 rings (SSSR count). The molecule has 6 heterocycles. The highest BCUT2D eigenvalue weighted by Gasteiger charge is 2.57. The molecule has 2 saturated carbocycles. The predicted octanol–water partition coefficient (Wildman–Crippen LogP) is 6.91. The number of carbonyl (C=O) groups is 2. The number of rotatable bonds is 5. The molecule has 8 nitrogen and oxygen atoms in total. The molecule has 4 aromatic rings. The zero-order valence-electron chi connectivity index (χ0n) is 26.9. The van der Waals surface area contributed by atoms with Gasteiger partial charge in [0.1, 0.15) is 5.52 Å². The van der Waals surface area contributed by atoms with Crippen molar-refractivity contribution in [1.82, 2.24) is 24.7 Å². The number of likely N-dealkylation sites (N-methyl/N-ethyl adjacent to an activating group) is 1. The van der Waals surface area contributed by atoms with Gasteiger partial charge in [0.25, 0.3) is 0 Å². The number of carbonyl (C=O) groups excluding carboxylic acids is 2. The molecule has 1 N–H and O–H groups in total. The monoisotopic (exact) mass is 684 g/mol. The molecule has 2 aromatic heterocycles. The van der Waals surface area contributed by atoms with Gasteiger partial charge in [-0.1, -0.05) is 35.3 Å². The maximum absolute atomic E-state index is 17.2. The molecule has 6 aliphatic rings. The van der Waals surface area contributed by atoms with E-state index in [9.17, 15) is 14.9 Å². The number of pyridine rings is 1. The minimum atomic E-state index is -0.663. The number of nitrogens with one attached hydrogen (secondary N) is 1. The number of likely N-dealkylation sites (tertiary alicyclic amines) is 2. The quantitative estimate of drug-likeness (QED) is 0.247. The molecule has 4 aliphatic heterocycles. The summed E-state index contributed by atoms with van der Waals surface area (Å²) in [5.74, 6) is -0.991. The number of fused-ring (bicyclic) bond motifs is 6. The Kier molecular flexibility index (Phi) is 6.73. The van der Waals surface area contributed by atoms with Crippen LogP contribution in [0.25, 0.3) is 32.9 Å². The minimum absolute atomic E-state index is 0.0109. The predicted molar refractivity (Wildman–Crippen MR) is 182 cm³/mol. The first-order valence-electron chi connectivity index (χ1n) is 16.9. The Labute approximate surface area is 287 Å². The van der Waals surface area contributed by atoms with Crippen molar-refractivity contribution in [1.29, 1.82) is 5.26 Å². The van der Waals surface area contributed by atoms with Crippen LogP contribution in [-0.2, 0) is 9.59 Å². The molecule has 7 atom stereocenters. The van der Waals surface area contributed by atoms with Crippen molar-refractivity contribution in [2.75, 3.05) is 20.1 Å². The molecule has 2 aromatic carbocycles. The highest BCUT2D eigenvalue weighted by atomic mass is 35.5. The Morgan fingerprint density at radius 2 is 1.98 bits per heavy atom. The van der Waals surface area contributed by atoms with Crippen LogP contribution in [0.1, 0.15) is 67.6 Å². The number of hydrogen-bond acceptors (Lipinski definition) is 5. The Hall–Kier alpha value is -3.71. The summed E-state index contributed by atoms with van der Waals surface area (Å²) in [6.45, 7) is 5.05. The van der Waals surface area contributed by atoms with Gasteiger partial charge in [0.15, 0.2) is 5.82 Å². The molecular weight excluding hydrogens is 650 g/mol. The SMILES string of the molecule is Cc1nc2c(F)c(-c3cccc(Cl)c3Cl)c(C(C)C#N)cc2c2c1cc([C@H]1[C@H]3C[C@H](CN(C)C3=O)N1C(=O)C1CC1)n2[C@H]1[C@H]2CN[C@@H]1C2. The second-order valence-electron chi connectivity index (χ2n) is 14.6. The van der Waals surface area contributed by atoms with Gasteiger partial charge in [0.05, 0.1) is 51.6 Å². The number of hydrogen-bond donors (Lipinski definition) is 1. The summed E-state index contributed by atoms with van der Waals surface area (Å²) in [4.78, 5) is 36.5. The van der Waals surface area contributed by atoms with Gasteiger partial charge >= 0.3 is 0 Å². The number of piperidine rings is 1. The Morgan fingerprint density at radius 3 is 2.67 bits per heavy atom. The Balaban J connectivity index is 1.36. The van der Waals surface area contributed by atoms with Crippen LogP contribution in [0, 0.1) is 41.8 Å². The van der Waals surface area contributed by atoms with E-state index < -0.39 is 17.8 Å². The lowest BCUT2D eigenvalue weighted by atomic mass is 9.79. The molecule has 4 saturated heterocycles. The summed E-state index contributed by atoms with van der Waals surface area (Å²) in [5.41, 5.74) is 3.74. The average molecular weight is 686 g/mol. The number of benzene rings is 2. The highest BCUT2D eigenvalue weighted by molar-refractivity contribution is 6.43. The number of nitrogens with zero attached hydrogens (tertiary/aromatic N) is 5. The summed E-state index contributed by atoms with van der Waals surface area (Å²) in [6.07, 6.45) is 3.45. The maximum atomic E-state index is 17.2. The number of halogens is 3. The smallest absolute Gasteiger partial charge is 0.228 e. The summed E-state index contributed by atoms with van der Waals surface area (Å²) in [7, 11) is 1.83. The Morgan fingerprint density at radius 1 is 1.19 bits per heavy atom. The van der Waals surface area contributed by atoms with E-state index in [2.05, 4.69) is 22.0 Å². The van der Waals surface area contributed by atoms with Gasteiger partial charge in [-0.2, -0.15) is 5.26 Å². The van der Waals surface area contributed by atoms with E-state index >= 15 is 4.39 Å². The lowest BCUT2D eigenvalue weighted by molar-refractivity contribution is -0.136. The van der Waals surface area contributed by atoms with E-state index in [1.165, 1.54) is 0 Å². The van der Waals surface area contributed by atoms with Crippen molar-refractivity contribution in [2.24, 2.45) is 17.8 Å². The molecule has 0 spiro atoms. The first-order valence-corrected chi connectivity index (χ1v) is 17.7. The van der Waals surface area contributed by atoms with Crippen molar-refractivity contribution < 1.29 is 14.0 Å². The van der Waals surface area contributed by atoms with Gasteiger partial charge in [0.2, 0.25) is 11.8 Å². The van der Waals surface area contributed by atoms with Gasteiger partial charge in [-0.25, -0.2) is 9.37 Å². The highest BCUT2D eigenvalue weighted by Crippen LogP contribution is 2.54. The molecule has 2 amide bonds. The van der Waals surface area contributed by atoms with Crippen LogP contribution in [0.5, 0.6) is 0 Å². The van der Waals surface area contributed by atoms with E-state index in [-0.39, 0.29) is 57.9 Å². The standard InChI is InChI=1S/C37H35Cl2FN6O2/c1-16(13-41)22-11-24-32(31(40)29(22)21-5-4-6-26(38)30(21)39)43-17(2)23-12-28(46(34(23)24)33-19-9-27(33)42-14-19)35-25-10-20(15-44(3)37(25)48)45(35)36(47)18-7-8-18/h4-6,11-12,16,18-20,25,27,33,35,42H,7-10,14-15H2,1-3H3/t16?,19-,20-,25-,27-,33+,35-/m1/s1. The zero-order valence-corrected chi connectivity index (χ0v) is 28.4. The first kappa shape index (κ1) is 30.4. The number of aryl methyl sites for hydroxylation is 1. The summed E-state index contributed by atoms with van der Waals surface area (Å²) in [5, 5.41) is 15.8. The molecule has 1 unspecified atom stereocenters. The van der Waals surface area contributed by atoms with Crippen LogP contribution in [-0.4, -0.2) is 63.4 Å². The van der Waals surface area contributed by atoms with E-state index in [4.69, 9.17) is 28.2 Å². The normalized spacial score (nSPS) is 28.3. The molecule has 246 valence electrons. The fourth-order valence-corrected chi connectivity index (χ4v) is 9.69. The summed E-state index contributed by atoms with van der Waals surface area (Å²) in [6, 6.07) is 11.3. The second kappa shape index (κ2) is 10.6. The number of amides is 2. The fourth-order valence-electron chi connectivity index (χ4n) is 9.29. The largest absolute Gasteiger partial charge is 0.343 e. The second-order valence-corrected chi connectivity index (χ2v) is 15.4. The van der Waals surface area contributed by atoms with Gasteiger partial charge in [0, 0.05) is 65.4 Å². The zero-order chi connectivity index (χ0) is 33.3. The van der Waals surface area contributed by atoms with Crippen LogP contribution in [0.3, 0.4) is 0 Å². The third-order valence-electron chi connectivity index (χ3n) is 11.8. The van der Waals surface area contributed by atoms with Gasteiger partial charge in [-0.05, 0) is 69.2 Å². The minimum Gasteiger partial charge on any atom is -0.343 e. The first-order chi connectivity index (χ1) is 23.1. The average Bonchev–Trinajstić information content (AvgIpc) is 3.35. The third kappa shape index (κ3) is 4.12. The van der Waals surface area contributed by atoms with E-state index in [0.717, 1.165) is 42.4 Å². The van der Waals surface area contributed by atoms with Crippen molar-refractivity contribution in [3.05, 3.63) is 63.1 Å². The van der Waals surface area contributed by atoms with Crippen molar-refractivity contribution in [3.63, 3.8) is 0 Å². The number of nitriles is 1. The topological polar surface area (TPSA) is 94.3 Å². The van der Waals surface area contributed by atoms with Crippen molar-refractivity contribution in [2.45, 2.75) is 69.6 Å². The molecule has 6 fully saturated rings. The van der Waals surface area contributed by atoms with Crippen molar-refractivity contribution in [3.8, 4) is 17.2 Å². The maximum Gasteiger partial charge on any atom is 0.228 e. The summed E-state index contributed by atoms with van der Waals surface area (Å²) < 4.78 is 19.5. The summed E-state index contributed by atoms with van der Waals surface area (Å²) >= 11 is 13.1. The van der Waals surface area contributed by atoms with E-state index in [0.29, 0.717) is 46.1 Å². The van der Waals surface area contributed by atoms with Crippen LogP contribution >= 0.6 is 23.2 Å². The van der Waals surface area contributed by atoms with Crippen molar-refractivity contribution >= 4 is 56.8 Å². The van der Waals surface area contributed by atoms with Gasteiger partial charge in [-0.15, -0.1) is 0 Å². The lowest BCUT2D eigenvalue weighted by Gasteiger charge is -2.40. The fraction of sp³-hybridized carbons (Fsp3) is 0.459. The molecular formula is C37H35Cl2FN6O2. The molecule has 48 heavy (non-hydrogen) atoms. The Bertz CT molecular complexity index is 2120. The lowest BCUT2D eigenvalue weighted by Crippen LogP contribution is -2.45. The molecule has 4 bridgehead atoms. The molecule has 11 heteroatoms. The molecule has 0 radical (unpaired) electrons. The third-order valence-corrected chi connectivity index (χ3v) is 12.6. The van der Waals surface area contributed by atoms with Gasteiger partial charge in [-0.3, -0.25) is 9.59 Å². The van der Waals surface area contributed by atoms with Crippen LogP contribution in [0.4, 0.5) is 4.39 Å². The van der Waals surface area contributed by atoms with E-state index in [1.54, 1.807) is 30.0 Å². The van der Waals surface area contributed by atoms with Crippen LogP contribution < -0.4 is 5.32 Å². The van der Waals surface area contributed by atoms with Gasteiger partial charge < -0.3 is 19.7 Å². The molecule has 2 aliphatic carbocycles.